The summed E-state index contributed by atoms with van der Waals surface area (Å²) >= 11 is 0. The summed E-state index contributed by atoms with van der Waals surface area (Å²) in [6, 6.07) is 0.177. The van der Waals surface area contributed by atoms with E-state index in [9.17, 15) is 8.78 Å². The molecule has 1 atom stereocenters. The van der Waals surface area contributed by atoms with Gasteiger partial charge in [0.15, 0.2) is 0 Å². The van der Waals surface area contributed by atoms with Crippen molar-refractivity contribution in [3.05, 3.63) is 0 Å². The molecule has 12 heavy (non-hydrogen) atoms. The molecule has 0 aromatic carbocycles. The summed E-state index contributed by atoms with van der Waals surface area (Å²) < 4.78 is 25.2. The largest absolute Gasteiger partial charge is 0.329 e. The second-order valence-corrected chi connectivity index (χ2v) is 3.57. The van der Waals surface area contributed by atoms with Crippen molar-refractivity contribution < 1.29 is 8.78 Å². The van der Waals surface area contributed by atoms with Crippen molar-refractivity contribution in [1.29, 1.82) is 0 Å². The molecule has 0 aromatic heterocycles. The fraction of sp³-hybridized carbons (Fsp3) is 1.00. The normalized spacial score (nSPS) is 26.5. The van der Waals surface area contributed by atoms with Crippen molar-refractivity contribution in [3.8, 4) is 0 Å². The molecule has 0 spiro atoms. The highest BCUT2D eigenvalue weighted by Gasteiger charge is 2.31. The molecule has 2 nitrogen and oxygen atoms in total. The van der Waals surface area contributed by atoms with E-state index in [-0.39, 0.29) is 12.6 Å². The van der Waals surface area contributed by atoms with Gasteiger partial charge in [-0.15, -0.1) is 0 Å². The molecular weight excluding hydrogens is 162 g/mol. The molecule has 1 rings (SSSR count). The first-order valence-electron chi connectivity index (χ1n) is 4.35. The summed E-state index contributed by atoms with van der Waals surface area (Å²) in [5.41, 5.74) is 5.46. The third-order valence-corrected chi connectivity index (χ3v) is 2.25. The summed E-state index contributed by atoms with van der Waals surface area (Å²) in [5, 5.41) is 0. The molecule has 0 bridgehead atoms. The van der Waals surface area contributed by atoms with E-state index in [2.05, 4.69) is 0 Å². The number of hydrogen-bond donors (Lipinski definition) is 1. The molecule has 0 aliphatic carbocycles. The number of hydrogen-bond acceptors (Lipinski definition) is 2. The van der Waals surface area contributed by atoms with E-state index >= 15 is 0 Å². The van der Waals surface area contributed by atoms with Gasteiger partial charge in [0, 0.05) is 19.5 Å². The van der Waals surface area contributed by atoms with Gasteiger partial charge >= 0.3 is 0 Å². The molecule has 4 heteroatoms. The van der Waals surface area contributed by atoms with Gasteiger partial charge in [0.25, 0.3) is 5.92 Å². The Morgan fingerprint density at radius 1 is 1.58 bits per heavy atom. The van der Waals surface area contributed by atoms with Gasteiger partial charge in [0.05, 0.1) is 6.54 Å². The molecule has 0 saturated carbocycles. The van der Waals surface area contributed by atoms with Crippen molar-refractivity contribution in [2.24, 2.45) is 5.73 Å². The van der Waals surface area contributed by atoms with Gasteiger partial charge < -0.3 is 5.73 Å². The number of halogens is 2. The van der Waals surface area contributed by atoms with Crippen LogP contribution >= 0.6 is 0 Å². The highest BCUT2D eigenvalue weighted by molar-refractivity contribution is 4.82. The van der Waals surface area contributed by atoms with Crippen LogP contribution in [0, 0.1) is 0 Å². The first-order valence-corrected chi connectivity index (χ1v) is 4.35. The van der Waals surface area contributed by atoms with Crippen LogP contribution in [-0.2, 0) is 0 Å². The zero-order valence-corrected chi connectivity index (χ0v) is 7.39. The van der Waals surface area contributed by atoms with Crippen molar-refractivity contribution in [2.45, 2.75) is 31.7 Å². The van der Waals surface area contributed by atoms with Crippen LogP contribution < -0.4 is 5.73 Å². The molecular formula is C8H16F2N2. The Kier molecular flexibility index (Phi) is 3.01. The van der Waals surface area contributed by atoms with Gasteiger partial charge in [0.1, 0.15) is 0 Å². The molecule has 0 aromatic rings. The van der Waals surface area contributed by atoms with Crippen LogP contribution in [0.1, 0.15) is 19.8 Å². The minimum absolute atomic E-state index is 0.144. The predicted molar refractivity (Wildman–Crippen MR) is 44.3 cm³/mol. The Bertz CT molecular complexity index is 144. The molecule has 1 heterocycles. The Morgan fingerprint density at radius 2 is 2.25 bits per heavy atom. The lowest BCUT2D eigenvalue weighted by Gasteiger charge is -2.25. The average molecular weight is 178 g/mol. The van der Waals surface area contributed by atoms with E-state index in [1.54, 1.807) is 4.90 Å². The molecule has 1 fully saturated rings. The maximum Gasteiger partial charge on any atom is 0.257 e. The maximum atomic E-state index is 12.6. The second kappa shape index (κ2) is 3.66. The highest BCUT2D eigenvalue weighted by atomic mass is 19.3. The molecule has 0 amide bonds. The SMILES string of the molecule is CC(F)(F)CN1CCCC1CN. The van der Waals surface area contributed by atoms with Crippen molar-refractivity contribution in [3.63, 3.8) is 0 Å². The molecule has 2 N–H and O–H groups in total. The number of nitrogens with two attached hydrogens (primary N) is 1. The first kappa shape index (κ1) is 9.86. The van der Waals surface area contributed by atoms with Crippen LogP contribution in [0.3, 0.4) is 0 Å². The van der Waals surface area contributed by atoms with Gasteiger partial charge in [-0.25, -0.2) is 8.78 Å². The Balaban J connectivity index is 2.41. The highest BCUT2D eigenvalue weighted by Crippen LogP contribution is 2.21. The number of alkyl halides is 2. The van der Waals surface area contributed by atoms with E-state index in [0.717, 1.165) is 26.3 Å². The summed E-state index contributed by atoms with van der Waals surface area (Å²) in [5.74, 6) is -2.59. The molecule has 1 aliphatic heterocycles. The molecule has 1 unspecified atom stereocenters. The summed E-state index contributed by atoms with van der Waals surface area (Å²) in [4.78, 5) is 1.79. The van der Waals surface area contributed by atoms with Gasteiger partial charge in [-0.05, 0) is 19.4 Å². The van der Waals surface area contributed by atoms with E-state index in [1.807, 2.05) is 0 Å². The van der Waals surface area contributed by atoms with Crippen molar-refractivity contribution in [1.82, 2.24) is 4.90 Å². The van der Waals surface area contributed by atoms with Crippen molar-refractivity contribution >= 4 is 0 Å². The average Bonchev–Trinajstić information content (AvgIpc) is 2.31. The fourth-order valence-electron chi connectivity index (χ4n) is 1.73. The van der Waals surface area contributed by atoms with Gasteiger partial charge in [-0.2, -0.15) is 0 Å². The van der Waals surface area contributed by atoms with Gasteiger partial charge in [0.2, 0.25) is 0 Å². The number of nitrogens with zero attached hydrogens (tertiary/aromatic N) is 1. The van der Waals surface area contributed by atoms with Gasteiger partial charge in [-0.1, -0.05) is 0 Å². The lowest BCUT2D eigenvalue weighted by molar-refractivity contribution is -0.0169. The summed E-state index contributed by atoms with van der Waals surface area (Å²) in [6.45, 7) is 2.08. The lowest BCUT2D eigenvalue weighted by atomic mass is 10.2. The van der Waals surface area contributed by atoms with E-state index < -0.39 is 5.92 Å². The third-order valence-electron chi connectivity index (χ3n) is 2.25. The second-order valence-electron chi connectivity index (χ2n) is 3.57. The zero-order valence-electron chi connectivity index (χ0n) is 7.39. The fourth-order valence-corrected chi connectivity index (χ4v) is 1.73. The molecule has 1 aliphatic rings. The molecule has 0 radical (unpaired) electrons. The van der Waals surface area contributed by atoms with Crippen LogP contribution in [0.2, 0.25) is 0 Å². The minimum Gasteiger partial charge on any atom is -0.329 e. The summed E-state index contributed by atoms with van der Waals surface area (Å²) in [6.07, 6.45) is 1.96. The molecule has 1 saturated heterocycles. The van der Waals surface area contributed by atoms with Crippen LogP contribution in [0.5, 0.6) is 0 Å². The Morgan fingerprint density at radius 3 is 2.75 bits per heavy atom. The smallest absolute Gasteiger partial charge is 0.257 e. The number of likely N-dealkylation sites (tertiary alicyclic amines) is 1. The van der Waals surface area contributed by atoms with E-state index in [4.69, 9.17) is 5.73 Å². The standard InChI is InChI=1S/C8H16F2N2/c1-8(9,10)6-12-4-2-3-7(12)5-11/h7H,2-6,11H2,1H3. The minimum atomic E-state index is -2.59. The topological polar surface area (TPSA) is 29.3 Å². The van der Waals surface area contributed by atoms with Gasteiger partial charge in [-0.3, -0.25) is 4.90 Å². The monoisotopic (exact) mass is 178 g/mol. The first-order chi connectivity index (χ1) is 5.53. The number of rotatable bonds is 3. The van der Waals surface area contributed by atoms with Crippen LogP contribution in [0.25, 0.3) is 0 Å². The lowest BCUT2D eigenvalue weighted by Crippen LogP contribution is -2.41. The molecule has 72 valence electrons. The predicted octanol–water partition coefficient (Wildman–Crippen LogP) is 1.06. The van der Waals surface area contributed by atoms with Crippen LogP contribution in [0.4, 0.5) is 8.78 Å². The van der Waals surface area contributed by atoms with Crippen molar-refractivity contribution in [2.75, 3.05) is 19.6 Å². The maximum absolute atomic E-state index is 12.6. The quantitative estimate of drug-likeness (QED) is 0.700. The van der Waals surface area contributed by atoms with E-state index in [1.165, 1.54) is 0 Å². The summed E-state index contributed by atoms with van der Waals surface area (Å²) in [7, 11) is 0. The Labute approximate surface area is 71.7 Å². The van der Waals surface area contributed by atoms with E-state index in [0.29, 0.717) is 6.54 Å². The van der Waals surface area contributed by atoms with Crippen LogP contribution in [-0.4, -0.2) is 36.5 Å². The Hall–Kier alpha value is -0.220. The third kappa shape index (κ3) is 2.68. The zero-order chi connectivity index (χ0) is 9.19. The van der Waals surface area contributed by atoms with Crippen LogP contribution in [0.15, 0.2) is 0 Å².